The highest BCUT2D eigenvalue weighted by Crippen LogP contribution is 2.36. The van der Waals surface area contributed by atoms with Crippen molar-refractivity contribution >= 4 is 40.6 Å². The molecule has 2 aliphatic rings. The number of nitrogens with zero attached hydrogens (tertiary/aromatic N) is 2. The molecule has 0 saturated carbocycles. The minimum absolute atomic E-state index is 0.0802. The maximum absolute atomic E-state index is 13.1. The van der Waals surface area contributed by atoms with Crippen molar-refractivity contribution in [2.24, 2.45) is 5.10 Å². The molecule has 0 aromatic heterocycles. The Bertz CT molecular complexity index is 1240. The van der Waals surface area contributed by atoms with Crippen molar-refractivity contribution in [2.45, 2.75) is 31.8 Å². The number of hydrazone groups is 1. The molecule has 7 heteroatoms. The number of nitrogens with one attached hydrogen (secondary N) is 1. The van der Waals surface area contributed by atoms with E-state index in [0.717, 1.165) is 40.3 Å². The predicted molar refractivity (Wildman–Crippen MR) is 133 cm³/mol. The van der Waals surface area contributed by atoms with Gasteiger partial charge in [0.05, 0.1) is 12.3 Å². The highest BCUT2D eigenvalue weighted by Gasteiger charge is 2.33. The lowest BCUT2D eigenvalue weighted by atomic mass is 9.91. The van der Waals surface area contributed by atoms with Gasteiger partial charge in [-0.1, -0.05) is 47.5 Å². The molecule has 3 aromatic rings. The van der Waals surface area contributed by atoms with Crippen LogP contribution in [0.5, 0.6) is 5.75 Å². The van der Waals surface area contributed by atoms with E-state index in [1.165, 1.54) is 5.01 Å². The molecular weight excluding hydrogens is 457 g/mol. The Hall–Kier alpha value is -3.02. The van der Waals surface area contributed by atoms with Crippen LogP contribution in [-0.4, -0.2) is 28.9 Å². The van der Waals surface area contributed by atoms with Crippen molar-refractivity contribution in [3.8, 4) is 5.75 Å². The van der Waals surface area contributed by atoms with Crippen LogP contribution in [0.15, 0.2) is 71.8 Å². The number of benzene rings is 3. The number of hydrogen-bond donors (Lipinski definition) is 1. The fourth-order valence-corrected chi connectivity index (χ4v) is 4.59. The first-order valence-electron chi connectivity index (χ1n) is 10.8. The van der Waals surface area contributed by atoms with E-state index in [0.29, 0.717) is 16.6 Å². The highest BCUT2D eigenvalue weighted by molar-refractivity contribution is 6.31. The zero-order chi connectivity index (χ0) is 23.2. The Balaban J connectivity index is 1.40. The summed E-state index contributed by atoms with van der Waals surface area (Å²) in [5.74, 6) is 0.786. The molecule has 5 rings (SSSR count). The molecule has 0 fully saturated rings. The van der Waals surface area contributed by atoms with Crippen LogP contribution >= 0.6 is 23.2 Å². The van der Waals surface area contributed by atoms with Crippen molar-refractivity contribution in [1.82, 2.24) is 5.01 Å². The van der Waals surface area contributed by atoms with Crippen molar-refractivity contribution in [3.05, 3.63) is 93.5 Å². The summed E-state index contributed by atoms with van der Waals surface area (Å²) in [5.41, 5.74) is 4.35. The lowest BCUT2D eigenvalue weighted by molar-refractivity contribution is 0.138. The van der Waals surface area contributed by atoms with Gasteiger partial charge in [-0.25, -0.2) is 9.80 Å². The second-order valence-corrected chi connectivity index (χ2v) is 9.84. The Morgan fingerprint density at radius 1 is 1.03 bits per heavy atom. The highest BCUT2D eigenvalue weighted by atomic mass is 35.5. The average Bonchev–Trinajstić information content (AvgIpc) is 3.34. The molecule has 1 N–H and O–H groups in total. The van der Waals surface area contributed by atoms with Gasteiger partial charge in [-0.05, 0) is 67.4 Å². The molecule has 0 saturated heterocycles. The summed E-state index contributed by atoms with van der Waals surface area (Å²) in [6.45, 7) is 4.53. The molecule has 2 aliphatic heterocycles. The predicted octanol–water partition coefficient (Wildman–Crippen LogP) is 6.74. The van der Waals surface area contributed by atoms with Gasteiger partial charge >= 0.3 is 6.03 Å². The molecule has 33 heavy (non-hydrogen) atoms. The summed E-state index contributed by atoms with van der Waals surface area (Å²) in [7, 11) is 0. The summed E-state index contributed by atoms with van der Waals surface area (Å²) in [6, 6.07) is 20.6. The fraction of sp³-hybridized carbons (Fsp3) is 0.231. The average molecular weight is 480 g/mol. The Morgan fingerprint density at radius 2 is 1.70 bits per heavy atom. The summed E-state index contributed by atoms with van der Waals surface area (Å²) >= 11 is 12.2. The van der Waals surface area contributed by atoms with Gasteiger partial charge in [0.2, 0.25) is 0 Å². The summed E-state index contributed by atoms with van der Waals surface area (Å²) in [5, 5.41) is 10.5. The maximum Gasteiger partial charge on any atom is 0.342 e. The molecular formula is C26H23Cl2N3O2. The number of halogens is 2. The number of carbonyl (C=O) groups excluding carboxylic acids is 1. The Labute approximate surface area is 203 Å². The first-order chi connectivity index (χ1) is 15.8. The van der Waals surface area contributed by atoms with E-state index in [4.69, 9.17) is 33.0 Å². The molecule has 0 radical (unpaired) electrons. The van der Waals surface area contributed by atoms with E-state index in [1.807, 2.05) is 66.7 Å². The lowest BCUT2D eigenvalue weighted by Crippen LogP contribution is -2.30. The zero-order valence-corrected chi connectivity index (χ0v) is 19.8. The van der Waals surface area contributed by atoms with Crippen LogP contribution in [-0.2, 0) is 6.42 Å². The normalized spacial score (nSPS) is 18.5. The monoisotopic (exact) mass is 479 g/mol. The molecule has 0 unspecified atom stereocenters. The van der Waals surface area contributed by atoms with Crippen molar-refractivity contribution in [1.29, 1.82) is 0 Å². The standard InChI is InChI=1S/C26H23Cl2N3O2/c1-26(2)14-18-13-21(11-12-23(18)33-26)29-25(32)31-15-22(16-3-7-19(27)8-4-16)24(30-31)17-5-9-20(28)10-6-17/h3-13,22H,14-15H2,1-2H3,(H,29,32)/t22-/m0/s1. The quantitative estimate of drug-likeness (QED) is 0.451. The van der Waals surface area contributed by atoms with E-state index >= 15 is 0 Å². The van der Waals surface area contributed by atoms with Crippen LogP contribution in [0.4, 0.5) is 10.5 Å². The summed E-state index contributed by atoms with van der Waals surface area (Å²) in [6.07, 6.45) is 0.799. The van der Waals surface area contributed by atoms with Crippen LogP contribution < -0.4 is 10.1 Å². The Morgan fingerprint density at radius 3 is 2.39 bits per heavy atom. The van der Waals surface area contributed by atoms with Crippen molar-refractivity contribution in [2.75, 3.05) is 11.9 Å². The van der Waals surface area contributed by atoms with E-state index < -0.39 is 0 Å². The minimum atomic E-state index is -0.281. The van der Waals surface area contributed by atoms with Gasteiger partial charge in [0.15, 0.2) is 0 Å². The van der Waals surface area contributed by atoms with E-state index in [2.05, 4.69) is 19.2 Å². The number of fused-ring (bicyclic) bond motifs is 1. The Kier molecular flexibility index (Phi) is 5.55. The molecule has 1 atom stereocenters. The van der Waals surface area contributed by atoms with Crippen LogP contribution in [0.1, 0.15) is 36.5 Å². The number of rotatable bonds is 3. The van der Waals surface area contributed by atoms with Crippen LogP contribution in [0, 0.1) is 0 Å². The SMILES string of the molecule is CC1(C)Cc2cc(NC(=O)N3C[C@@H](c4ccc(Cl)cc4)C(c4ccc(Cl)cc4)=N3)ccc2O1. The van der Waals surface area contributed by atoms with Gasteiger partial charge in [0.25, 0.3) is 0 Å². The number of hydrogen-bond acceptors (Lipinski definition) is 3. The smallest absolute Gasteiger partial charge is 0.342 e. The van der Waals surface area contributed by atoms with Gasteiger partial charge in [-0.3, -0.25) is 0 Å². The van der Waals surface area contributed by atoms with Gasteiger partial charge in [0, 0.05) is 33.6 Å². The third-order valence-electron chi connectivity index (χ3n) is 5.87. The van der Waals surface area contributed by atoms with Crippen LogP contribution in [0.25, 0.3) is 0 Å². The minimum Gasteiger partial charge on any atom is -0.487 e. The van der Waals surface area contributed by atoms with E-state index in [9.17, 15) is 4.79 Å². The summed E-state index contributed by atoms with van der Waals surface area (Å²) < 4.78 is 5.93. The number of ether oxygens (including phenoxy) is 1. The molecule has 3 aromatic carbocycles. The molecule has 0 bridgehead atoms. The largest absolute Gasteiger partial charge is 0.487 e. The summed E-state index contributed by atoms with van der Waals surface area (Å²) in [4.78, 5) is 13.1. The number of carbonyl (C=O) groups is 1. The number of anilines is 1. The fourth-order valence-electron chi connectivity index (χ4n) is 4.34. The van der Waals surface area contributed by atoms with Crippen LogP contribution in [0.3, 0.4) is 0 Å². The zero-order valence-electron chi connectivity index (χ0n) is 18.3. The number of amides is 2. The third kappa shape index (κ3) is 4.56. The van der Waals surface area contributed by atoms with Crippen molar-refractivity contribution < 1.29 is 9.53 Å². The third-order valence-corrected chi connectivity index (χ3v) is 6.38. The molecule has 0 aliphatic carbocycles. The van der Waals surface area contributed by atoms with Gasteiger partial charge in [-0.15, -0.1) is 0 Å². The first-order valence-corrected chi connectivity index (χ1v) is 11.5. The van der Waals surface area contributed by atoms with Gasteiger partial charge in [-0.2, -0.15) is 5.10 Å². The number of urea groups is 1. The van der Waals surface area contributed by atoms with Crippen LogP contribution in [0.2, 0.25) is 10.0 Å². The second-order valence-electron chi connectivity index (χ2n) is 8.97. The second kappa shape index (κ2) is 8.40. The molecule has 2 heterocycles. The molecule has 5 nitrogen and oxygen atoms in total. The van der Waals surface area contributed by atoms with Crippen molar-refractivity contribution in [3.63, 3.8) is 0 Å². The molecule has 2 amide bonds. The van der Waals surface area contributed by atoms with Gasteiger partial charge < -0.3 is 10.1 Å². The topological polar surface area (TPSA) is 53.9 Å². The first kappa shape index (κ1) is 21.8. The maximum atomic E-state index is 13.1. The lowest BCUT2D eigenvalue weighted by Gasteiger charge is -2.16. The molecule has 168 valence electrons. The molecule has 0 spiro atoms. The van der Waals surface area contributed by atoms with E-state index in [1.54, 1.807) is 0 Å². The van der Waals surface area contributed by atoms with E-state index in [-0.39, 0.29) is 17.6 Å². The van der Waals surface area contributed by atoms with Gasteiger partial charge in [0.1, 0.15) is 11.4 Å².